The lowest BCUT2D eigenvalue weighted by Crippen LogP contribution is -2.49. The number of rotatable bonds is 4. The van der Waals surface area contributed by atoms with Crippen molar-refractivity contribution < 1.29 is 35.2 Å². The largest absolute Gasteiger partial charge is 0.417 e. The second-order valence-corrected chi connectivity index (χ2v) is 9.53. The van der Waals surface area contributed by atoms with E-state index in [2.05, 4.69) is 15.3 Å². The van der Waals surface area contributed by atoms with Gasteiger partial charge < -0.3 is 10.2 Å². The summed E-state index contributed by atoms with van der Waals surface area (Å²) in [6.07, 6.45) is -2.67. The second kappa shape index (κ2) is 7.87. The number of pyridine rings is 2. The number of anilines is 2. The molecular weight excluding hydrogens is 473 g/mol. The molecule has 1 saturated carbocycles. The average molecular weight is 491 g/mol. The molecule has 8 nitrogen and oxygen atoms in total. The highest BCUT2D eigenvalue weighted by atomic mass is 32.2. The first-order valence-electron chi connectivity index (χ1n) is 9.77. The Hall–Kier alpha value is -2.87. The molecule has 33 heavy (non-hydrogen) atoms. The van der Waals surface area contributed by atoms with Gasteiger partial charge in [-0.2, -0.15) is 13.2 Å². The Balaban J connectivity index is 1.70. The molecule has 2 bridgehead atoms. The highest BCUT2D eigenvalue weighted by Crippen LogP contribution is 2.49. The van der Waals surface area contributed by atoms with Crippen molar-refractivity contribution in [2.75, 3.05) is 23.3 Å². The second-order valence-electron chi connectivity index (χ2n) is 8.03. The van der Waals surface area contributed by atoms with E-state index in [0.717, 1.165) is 12.3 Å². The zero-order valence-electron chi connectivity index (χ0n) is 16.8. The van der Waals surface area contributed by atoms with Gasteiger partial charge in [0, 0.05) is 49.1 Å². The number of primary sulfonamides is 1. The summed E-state index contributed by atoms with van der Waals surface area (Å²) in [6.45, 7) is -0.320. The molecule has 14 heteroatoms. The molecule has 1 saturated heterocycles. The number of halogens is 5. The lowest BCUT2D eigenvalue weighted by molar-refractivity contribution is -0.137. The van der Waals surface area contributed by atoms with Crippen LogP contribution in [0.4, 0.5) is 33.5 Å². The third kappa shape index (κ3) is 4.49. The van der Waals surface area contributed by atoms with E-state index in [0.29, 0.717) is 12.3 Å². The molecule has 178 valence electrons. The van der Waals surface area contributed by atoms with Crippen molar-refractivity contribution >= 4 is 27.4 Å². The molecule has 0 spiro atoms. The minimum atomic E-state index is -4.80. The normalized spacial score (nSPS) is 22.3. The van der Waals surface area contributed by atoms with Gasteiger partial charge in [0.25, 0.3) is 21.9 Å². The van der Waals surface area contributed by atoms with E-state index in [4.69, 9.17) is 5.14 Å². The summed E-state index contributed by atoms with van der Waals surface area (Å²) in [4.78, 5) is 21.7. The minimum absolute atomic E-state index is 0.0902. The Morgan fingerprint density at radius 3 is 2.36 bits per heavy atom. The van der Waals surface area contributed by atoms with Gasteiger partial charge in [-0.25, -0.2) is 32.3 Å². The topological polar surface area (TPSA) is 118 Å². The fraction of sp³-hybridized carbons (Fsp3) is 0.421. The van der Waals surface area contributed by atoms with E-state index >= 15 is 0 Å². The van der Waals surface area contributed by atoms with Gasteiger partial charge in [-0.05, 0) is 25.0 Å². The molecular formula is C19H18F5N5O3S. The third-order valence-electron chi connectivity index (χ3n) is 5.86. The van der Waals surface area contributed by atoms with Crippen LogP contribution in [0.2, 0.25) is 0 Å². The zero-order chi connectivity index (χ0) is 24.2. The number of alkyl halides is 5. The molecule has 4 rings (SSSR count). The van der Waals surface area contributed by atoms with Gasteiger partial charge >= 0.3 is 6.18 Å². The summed E-state index contributed by atoms with van der Waals surface area (Å²) in [7, 11) is -4.20. The minimum Gasteiger partial charge on any atom is -0.355 e. The van der Waals surface area contributed by atoms with Crippen molar-refractivity contribution in [3.05, 3.63) is 41.7 Å². The van der Waals surface area contributed by atoms with Crippen molar-refractivity contribution in [2.45, 2.75) is 30.0 Å². The first-order valence-corrected chi connectivity index (χ1v) is 11.3. The highest BCUT2D eigenvalue weighted by molar-refractivity contribution is 7.89. The summed E-state index contributed by atoms with van der Waals surface area (Å²) < 4.78 is 91.4. The number of aromatic nitrogens is 2. The number of hydrogen-bond acceptors (Lipinski definition) is 6. The van der Waals surface area contributed by atoms with Gasteiger partial charge in [0.15, 0.2) is 5.03 Å². The van der Waals surface area contributed by atoms with Crippen molar-refractivity contribution in [2.24, 2.45) is 17.0 Å². The average Bonchev–Trinajstić information content (AvgIpc) is 2.89. The van der Waals surface area contributed by atoms with Crippen molar-refractivity contribution in [3.63, 3.8) is 0 Å². The maximum absolute atomic E-state index is 14.3. The van der Waals surface area contributed by atoms with Gasteiger partial charge in [0.2, 0.25) is 0 Å². The number of nitrogens with one attached hydrogen (secondary N) is 1. The number of nitrogens with zero attached hydrogens (tertiary/aromatic N) is 3. The molecule has 2 aliphatic rings. The lowest BCUT2D eigenvalue weighted by atomic mass is 9.93. The van der Waals surface area contributed by atoms with Crippen LogP contribution in [0.5, 0.6) is 0 Å². The summed E-state index contributed by atoms with van der Waals surface area (Å²) in [5.74, 6) is -6.05. The quantitative estimate of drug-likeness (QED) is 0.635. The Bertz CT molecular complexity index is 1190. The van der Waals surface area contributed by atoms with Gasteiger partial charge in [0.05, 0.1) is 11.1 Å². The molecule has 2 aromatic rings. The van der Waals surface area contributed by atoms with E-state index < -0.39 is 56.0 Å². The number of sulfonamides is 1. The molecule has 3 heterocycles. The van der Waals surface area contributed by atoms with Crippen LogP contribution >= 0.6 is 0 Å². The van der Waals surface area contributed by atoms with Crippen molar-refractivity contribution in [1.82, 2.24) is 9.97 Å². The van der Waals surface area contributed by atoms with Crippen LogP contribution in [0.15, 0.2) is 35.6 Å². The number of carbonyl (C=O) groups excluding carboxylic acids is 1. The summed E-state index contributed by atoms with van der Waals surface area (Å²) in [6, 6.07) is 2.75. The molecule has 0 radical (unpaired) electrons. The molecule has 1 amide bonds. The first kappa shape index (κ1) is 23.3. The molecule has 2 atom stereocenters. The third-order valence-corrected chi connectivity index (χ3v) is 6.66. The number of fused-ring (bicyclic) bond motifs is 2. The molecule has 1 aliphatic heterocycles. The first-order chi connectivity index (χ1) is 15.3. The number of nitrogens with two attached hydrogens (primary N) is 1. The summed E-state index contributed by atoms with van der Waals surface area (Å²) >= 11 is 0. The van der Waals surface area contributed by atoms with Crippen LogP contribution in [-0.4, -0.2) is 43.3 Å². The molecule has 3 N–H and O–H groups in total. The fourth-order valence-electron chi connectivity index (χ4n) is 4.20. The zero-order valence-corrected chi connectivity index (χ0v) is 17.6. The highest BCUT2D eigenvalue weighted by Gasteiger charge is 2.56. The van der Waals surface area contributed by atoms with E-state index in [9.17, 15) is 35.2 Å². The monoisotopic (exact) mass is 491 g/mol. The van der Waals surface area contributed by atoms with E-state index in [-0.39, 0.29) is 37.4 Å². The molecule has 2 fully saturated rings. The molecule has 2 aromatic heterocycles. The Morgan fingerprint density at radius 1 is 1.15 bits per heavy atom. The number of hydrogen-bond donors (Lipinski definition) is 2. The van der Waals surface area contributed by atoms with Gasteiger partial charge in [-0.15, -0.1) is 0 Å². The smallest absolute Gasteiger partial charge is 0.355 e. The van der Waals surface area contributed by atoms with Gasteiger partial charge in [0.1, 0.15) is 5.82 Å². The fourth-order valence-corrected chi connectivity index (χ4v) is 4.70. The predicted molar refractivity (Wildman–Crippen MR) is 106 cm³/mol. The summed E-state index contributed by atoms with van der Waals surface area (Å²) in [5, 5.41) is 6.75. The van der Waals surface area contributed by atoms with E-state index in [1.54, 1.807) is 0 Å². The van der Waals surface area contributed by atoms with Crippen molar-refractivity contribution in [1.29, 1.82) is 0 Å². The molecule has 0 aromatic carbocycles. The molecule has 1 aliphatic carbocycles. The predicted octanol–water partition coefficient (Wildman–Crippen LogP) is 2.88. The number of amides is 1. The number of piperidine rings is 1. The summed E-state index contributed by atoms with van der Waals surface area (Å²) in [5.41, 5.74) is -1.77. The van der Waals surface area contributed by atoms with Crippen LogP contribution in [0, 0.1) is 11.8 Å². The lowest BCUT2D eigenvalue weighted by Gasteiger charge is -2.39. The van der Waals surface area contributed by atoms with Crippen LogP contribution in [0.1, 0.15) is 28.8 Å². The maximum Gasteiger partial charge on any atom is 0.417 e. The van der Waals surface area contributed by atoms with E-state index in [1.165, 1.54) is 11.0 Å². The molecule has 1 unspecified atom stereocenters. The Morgan fingerprint density at radius 2 is 1.79 bits per heavy atom. The standard InChI is InChI=1S/C19H18F5N5O3S/c20-18(21)10-1-2-11(18)9-29(8-10)16-14(5-12(7-27-16)19(22,23)24)17(30)28-13-3-4-26-15(6-13)33(25,31)32/h3-7,10-11H,1-2,8-9H2,(H2,25,31,32)(H,26,28,30)/t10-,11?/m1/s1. The van der Waals surface area contributed by atoms with Crippen LogP contribution in [0.25, 0.3) is 0 Å². The van der Waals surface area contributed by atoms with Gasteiger partial charge in [-0.3, -0.25) is 4.79 Å². The Labute approximate surface area is 185 Å². The van der Waals surface area contributed by atoms with Crippen LogP contribution in [0.3, 0.4) is 0 Å². The van der Waals surface area contributed by atoms with Crippen molar-refractivity contribution in [3.8, 4) is 0 Å². The number of carbonyl (C=O) groups is 1. The van der Waals surface area contributed by atoms with Crippen LogP contribution in [-0.2, 0) is 16.2 Å². The van der Waals surface area contributed by atoms with E-state index in [1.807, 2.05) is 0 Å². The Kier molecular flexibility index (Phi) is 5.55. The SMILES string of the molecule is NS(=O)(=O)c1cc(NC(=O)c2cc(C(F)(F)F)cnc2N2CC3CC[C@H](C2)C3(F)F)ccn1. The van der Waals surface area contributed by atoms with Crippen LogP contribution < -0.4 is 15.4 Å². The van der Waals surface area contributed by atoms with Gasteiger partial charge in [-0.1, -0.05) is 0 Å². The maximum atomic E-state index is 14.3.